The second-order valence-corrected chi connectivity index (χ2v) is 7.62. The van der Waals surface area contributed by atoms with Crippen LogP contribution in [0.2, 0.25) is 0 Å². The molecule has 25 heavy (non-hydrogen) atoms. The predicted octanol–water partition coefficient (Wildman–Crippen LogP) is 3.93. The summed E-state index contributed by atoms with van der Waals surface area (Å²) >= 11 is 1.84. The maximum absolute atomic E-state index is 12.4. The van der Waals surface area contributed by atoms with Crippen molar-refractivity contribution in [2.75, 3.05) is 18.8 Å². The van der Waals surface area contributed by atoms with Crippen molar-refractivity contribution in [2.24, 2.45) is 0 Å². The zero-order chi connectivity index (χ0) is 17.5. The first-order valence-corrected chi connectivity index (χ1v) is 10.3. The van der Waals surface area contributed by atoms with E-state index in [1.54, 1.807) is 0 Å². The molecule has 4 nitrogen and oxygen atoms in total. The van der Waals surface area contributed by atoms with Gasteiger partial charge in [0.2, 0.25) is 5.91 Å². The second kappa shape index (κ2) is 9.09. The molecule has 1 amide bonds. The molecule has 2 aromatic rings. The highest BCUT2D eigenvalue weighted by Gasteiger charge is 2.25. The molecule has 0 bridgehead atoms. The Morgan fingerprint density at radius 2 is 2.00 bits per heavy atom. The van der Waals surface area contributed by atoms with Crippen LogP contribution in [0.15, 0.2) is 42.7 Å². The third-order valence-electron chi connectivity index (χ3n) is 4.87. The lowest BCUT2D eigenvalue weighted by Gasteiger charge is -2.32. The van der Waals surface area contributed by atoms with Crippen molar-refractivity contribution in [3.63, 3.8) is 0 Å². The van der Waals surface area contributed by atoms with Crippen LogP contribution in [0.1, 0.15) is 43.5 Å². The molecule has 2 heterocycles. The van der Waals surface area contributed by atoms with Crippen molar-refractivity contribution in [1.29, 1.82) is 0 Å². The zero-order valence-corrected chi connectivity index (χ0v) is 15.8. The molecule has 0 radical (unpaired) electrons. The van der Waals surface area contributed by atoms with Gasteiger partial charge in [0.15, 0.2) is 0 Å². The highest BCUT2D eigenvalue weighted by molar-refractivity contribution is 7.98. The number of piperidine rings is 1. The molecule has 134 valence electrons. The summed E-state index contributed by atoms with van der Waals surface area (Å²) in [5.41, 5.74) is 1.33. The smallest absolute Gasteiger partial charge is 0.223 e. The van der Waals surface area contributed by atoms with Crippen LogP contribution >= 0.6 is 11.8 Å². The highest BCUT2D eigenvalue weighted by atomic mass is 32.2. The number of aromatic nitrogens is 2. The fourth-order valence-corrected chi connectivity index (χ4v) is 4.31. The molecular weight excluding hydrogens is 330 g/mol. The first kappa shape index (κ1) is 18.1. The molecule has 0 N–H and O–H groups in total. The molecule has 1 aliphatic heterocycles. The summed E-state index contributed by atoms with van der Waals surface area (Å²) in [6, 6.07) is 10.4. The van der Waals surface area contributed by atoms with Gasteiger partial charge >= 0.3 is 0 Å². The van der Waals surface area contributed by atoms with E-state index < -0.39 is 0 Å². The maximum Gasteiger partial charge on any atom is 0.223 e. The lowest BCUT2D eigenvalue weighted by atomic mass is 9.95. The first-order chi connectivity index (χ1) is 12.3. The van der Waals surface area contributed by atoms with Gasteiger partial charge in [-0.05, 0) is 25.3 Å². The van der Waals surface area contributed by atoms with E-state index in [4.69, 9.17) is 0 Å². The SMILES string of the molecule is CCn1ccnc1C1CCN(C(=O)CCSCc2ccccc2)CC1. The summed E-state index contributed by atoms with van der Waals surface area (Å²) < 4.78 is 2.22. The lowest BCUT2D eigenvalue weighted by Crippen LogP contribution is -2.38. The van der Waals surface area contributed by atoms with Gasteiger partial charge in [-0.2, -0.15) is 11.8 Å². The van der Waals surface area contributed by atoms with E-state index in [1.165, 1.54) is 11.4 Å². The van der Waals surface area contributed by atoms with Crippen molar-refractivity contribution >= 4 is 17.7 Å². The quantitative estimate of drug-likeness (QED) is 0.705. The lowest BCUT2D eigenvalue weighted by molar-refractivity contribution is -0.131. The van der Waals surface area contributed by atoms with E-state index in [0.29, 0.717) is 18.2 Å². The number of nitrogens with zero attached hydrogens (tertiary/aromatic N) is 3. The van der Waals surface area contributed by atoms with Gasteiger partial charge in [0.25, 0.3) is 0 Å². The van der Waals surface area contributed by atoms with Crippen LogP contribution in [0.25, 0.3) is 0 Å². The summed E-state index contributed by atoms with van der Waals surface area (Å²) in [4.78, 5) is 19.0. The zero-order valence-electron chi connectivity index (χ0n) is 14.9. The van der Waals surface area contributed by atoms with E-state index in [0.717, 1.165) is 44.0 Å². The minimum absolute atomic E-state index is 0.304. The fraction of sp³-hybridized carbons (Fsp3) is 0.500. The molecule has 1 aromatic carbocycles. The fourth-order valence-electron chi connectivity index (χ4n) is 3.42. The van der Waals surface area contributed by atoms with E-state index in [2.05, 4.69) is 46.9 Å². The van der Waals surface area contributed by atoms with Crippen molar-refractivity contribution in [3.05, 3.63) is 54.1 Å². The third kappa shape index (κ3) is 4.88. The Balaban J connectivity index is 1.38. The molecule has 1 aromatic heterocycles. The van der Waals surface area contributed by atoms with Crippen LogP contribution in [0.3, 0.4) is 0 Å². The normalized spacial score (nSPS) is 15.5. The first-order valence-electron chi connectivity index (χ1n) is 9.18. The monoisotopic (exact) mass is 357 g/mol. The number of imidazole rings is 1. The third-order valence-corrected chi connectivity index (χ3v) is 5.90. The van der Waals surface area contributed by atoms with Gasteiger partial charge in [0, 0.05) is 55.9 Å². The summed E-state index contributed by atoms with van der Waals surface area (Å²) in [5.74, 6) is 3.86. The number of likely N-dealkylation sites (tertiary alicyclic amines) is 1. The molecule has 0 spiro atoms. The topological polar surface area (TPSA) is 38.1 Å². The second-order valence-electron chi connectivity index (χ2n) is 6.51. The van der Waals surface area contributed by atoms with Gasteiger partial charge in [0.1, 0.15) is 5.82 Å². The average molecular weight is 358 g/mol. The van der Waals surface area contributed by atoms with E-state index in [1.807, 2.05) is 28.9 Å². The molecule has 1 fully saturated rings. The van der Waals surface area contributed by atoms with Crippen molar-refractivity contribution in [2.45, 2.75) is 44.4 Å². The Kier molecular flexibility index (Phi) is 6.56. The Morgan fingerprint density at radius 3 is 2.72 bits per heavy atom. The van der Waals surface area contributed by atoms with Crippen LogP contribution < -0.4 is 0 Å². The largest absolute Gasteiger partial charge is 0.343 e. The van der Waals surface area contributed by atoms with Gasteiger partial charge in [-0.25, -0.2) is 4.98 Å². The predicted molar refractivity (Wildman–Crippen MR) is 104 cm³/mol. The van der Waals surface area contributed by atoms with Crippen molar-refractivity contribution < 1.29 is 4.79 Å². The van der Waals surface area contributed by atoms with Crippen LogP contribution in [0, 0.1) is 0 Å². The molecule has 0 atom stereocenters. The van der Waals surface area contributed by atoms with Gasteiger partial charge in [0.05, 0.1) is 0 Å². The van der Waals surface area contributed by atoms with Crippen LogP contribution in [0.5, 0.6) is 0 Å². The Hall–Kier alpha value is -1.75. The number of benzene rings is 1. The van der Waals surface area contributed by atoms with Crippen LogP contribution in [-0.2, 0) is 17.1 Å². The molecular formula is C20H27N3OS. The highest BCUT2D eigenvalue weighted by Crippen LogP contribution is 2.27. The number of aryl methyl sites for hydroxylation is 1. The van der Waals surface area contributed by atoms with Gasteiger partial charge in [-0.3, -0.25) is 4.79 Å². The number of carbonyl (C=O) groups excluding carboxylic acids is 1. The van der Waals surface area contributed by atoms with Gasteiger partial charge < -0.3 is 9.47 Å². The Bertz CT molecular complexity index is 663. The minimum atomic E-state index is 0.304. The maximum atomic E-state index is 12.4. The minimum Gasteiger partial charge on any atom is -0.343 e. The molecule has 1 aliphatic rings. The van der Waals surface area contributed by atoms with Crippen molar-refractivity contribution in [3.8, 4) is 0 Å². The van der Waals surface area contributed by atoms with Gasteiger partial charge in [-0.1, -0.05) is 30.3 Å². The summed E-state index contributed by atoms with van der Waals surface area (Å²) in [7, 11) is 0. The Labute approximate surface area is 154 Å². The van der Waals surface area contributed by atoms with Gasteiger partial charge in [-0.15, -0.1) is 0 Å². The number of carbonyl (C=O) groups is 1. The standard InChI is InChI=1S/C20H27N3OS/c1-2-22-14-11-21-20(22)18-8-12-23(13-9-18)19(24)10-15-25-16-17-6-4-3-5-7-17/h3-7,11,14,18H,2,8-10,12-13,15-16H2,1H3. The average Bonchev–Trinajstić information content (AvgIpc) is 3.15. The number of rotatable bonds is 7. The molecule has 5 heteroatoms. The molecule has 0 aliphatic carbocycles. The Morgan fingerprint density at radius 1 is 1.24 bits per heavy atom. The summed E-state index contributed by atoms with van der Waals surface area (Å²) in [6.45, 7) is 4.84. The number of thioether (sulfide) groups is 1. The number of hydrogen-bond donors (Lipinski definition) is 0. The van der Waals surface area contributed by atoms with Crippen molar-refractivity contribution in [1.82, 2.24) is 14.5 Å². The molecule has 0 unspecified atom stereocenters. The molecule has 1 saturated heterocycles. The van der Waals surface area contributed by atoms with E-state index in [9.17, 15) is 4.79 Å². The van der Waals surface area contributed by atoms with Crippen LogP contribution in [-0.4, -0.2) is 39.2 Å². The summed E-state index contributed by atoms with van der Waals surface area (Å²) in [5, 5.41) is 0. The number of amides is 1. The molecule has 3 rings (SSSR count). The van der Waals surface area contributed by atoms with E-state index in [-0.39, 0.29) is 0 Å². The van der Waals surface area contributed by atoms with E-state index >= 15 is 0 Å². The van der Waals surface area contributed by atoms with Crippen LogP contribution in [0.4, 0.5) is 0 Å². The summed E-state index contributed by atoms with van der Waals surface area (Å²) in [6.07, 6.45) is 6.64. The molecule has 0 saturated carbocycles. The number of hydrogen-bond acceptors (Lipinski definition) is 3.